The Kier molecular flexibility index (Phi) is 4.60. The predicted octanol–water partition coefficient (Wildman–Crippen LogP) is 3.97. The number of ether oxygens (including phenoxy) is 2. The number of nitrogens with one attached hydrogen (secondary N) is 1. The molecule has 30 heavy (non-hydrogen) atoms. The summed E-state index contributed by atoms with van der Waals surface area (Å²) in [6, 6.07) is 15.4. The number of aromatic amines is 1. The van der Waals surface area contributed by atoms with Gasteiger partial charge < -0.3 is 9.47 Å². The first-order valence-corrected chi connectivity index (χ1v) is 9.81. The van der Waals surface area contributed by atoms with Crippen molar-refractivity contribution in [2.45, 2.75) is 6.61 Å². The zero-order valence-corrected chi connectivity index (χ0v) is 16.6. The average molecular weight is 422 g/mol. The molecule has 0 aliphatic carbocycles. The van der Waals surface area contributed by atoms with Crippen molar-refractivity contribution in [3.05, 3.63) is 66.2 Å². The Bertz CT molecular complexity index is 1290. The molecule has 8 nitrogen and oxygen atoms in total. The lowest BCUT2D eigenvalue weighted by Crippen LogP contribution is -2.02. The Morgan fingerprint density at radius 2 is 1.80 bits per heavy atom. The Balaban J connectivity index is 1.36. The van der Waals surface area contributed by atoms with Gasteiger partial charge in [-0.05, 0) is 54.6 Å². The topological polar surface area (TPSA) is 90.2 Å². The fraction of sp³-hybridized carbons (Fsp3) is 0.100. The number of hydrogen-bond acceptors (Lipinski definition) is 7. The van der Waals surface area contributed by atoms with Crippen LogP contribution in [0, 0.1) is 5.82 Å². The number of aromatic nitrogens is 6. The van der Waals surface area contributed by atoms with Gasteiger partial charge in [0, 0.05) is 5.56 Å². The molecule has 0 saturated carbocycles. The normalized spacial score (nSPS) is 11.1. The van der Waals surface area contributed by atoms with Crippen LogP contribution < -0.4 is 9.47 Å². The van der Waals surface area contributed by atoms with Crippen LogP contribution in [0.3, 0.4) is 0 Å². The van der Waals surface area contributed by atoms with Gasteiger partial charge in [-0.1, -0.05) is 11.3 Å². The largest absolute Gasteiger partial charge is 0.497 e. The number of hydrogen-bond donors (Lipinski definition) is 1. The van der Waals surface area contributed by atoms with E-state index in [-0.39, 0.29) is 12.4 Å². The average Bonchev–Trinajstić information content (AvgIpc) is 3.49. The first-order valence-electron chi connectivity index (χ1n) is 8.99. The minimum absolute atomic E-state index is 0.163. The Hall–Kier alpha value is -3.79. The maximum absolute atomic E-state index is 13.0. The molecule has 0 bridgehead atoms. The highest BCUT2D eigenvalue weighted by Crippen LogP contribution is 2.28. The van der Waals surface area contributed by atoms with Crippen molar-refractivity contribution in [3.8, 4) is 33.5 Å². The van der Waals surface area contributed by atoms with Crippen LogP contribution in [0.4, 0.5) is 4.39 Å². The van der Waals surface area contributed by atoms with Gasteiger partial charge in [0.25, 0.3) is 0 Å². The molecule has 1 N–H and O–H groups in total. The lowest BCUT2D eigenvalue weighted by molar-refractivity contribution is 0.292. The molecule has 0 aliphatic rings. The summed E-state index contributed by atoms with van der Waals surface area (Å²) in [7, 11) is 1.63. The highest BCUT2D eigenvalue weighted by atomic mass is 32.1. The Morgan fingerprint density at radius 3 is 2.57 bits per heavy atom. The van der Waals surface area contributed by atoms with Gasteiger partial charge in [-0.15, -0.1) is 10.2 Å². The molecule has 0 amide bonds. The summed E-state index contributed by atoms with van der Waals surface area (Å²) in [6.45, 7) is 0.163. The summed E-state index contributed by atoms with van der Waals surface area (Å²) in [5, 5.41) is 21.0. The summed E-state index contributed by atoms with van der Waals surface area (Å²) in [5.74, 6) is 1.57. The Morgan fingerprint density at radius 1 is 1.03 bits per heavy atom. The van der Waals surface area contributed by atoms with E-state index in [9.17, 15) is 4.39 Å². The summed E-state index contributed by atoms with van der Waals surface area (Å²) in [4.78, 5) is 0.642. The number of H-pyrrole nitrogens is 1. The zero-order chi connectivity index (χ0) is 20.5. The lowest BCUT2D eigenvalue weighted by atomic mass is 10.1. The van der Waals surface area contributed by atoms with Gasteiger partial charge in [0.15, 0.2) is 10.8 Å². The monoisotopic (exact) mass is 422 g/mol. The van der Waals surface area contributed by atoms with Crippen molar-refractivity contribution in [1.29, 1.82) is 0 Å². The third-order valence-corrected chi connectivity index (χ3v) is 5.36. The third-order valence-electron chi connectivity index (χ3n) is 4.43. The summed E-state index contributed by atoms with van der Waals surface area (Å²) in [6.07, 6.45) is 0. The molecule has 5 rings (SSSR count). The van der Waals surface area contributed by atoms with Crippen molar-refractivity contribution < 1.29 is 13.9 Å². The third kappa shape index (κ3) is 3.48. The lowest BCUT2D eigenvalue weighted by Gasteiger charge is -2.03. The van der Waals surface area contributed by atoms with Crippen LogP contribution in [0.15, 0.2) is 54.6 Å². The molecule has 3 aromatic heterocycles. The number of fused-ring (bicyclic) bond motifs is 1. The number of halogens is 1. The van der Waals surface area contributed by atoms with Gasteiger partial charge >= 0.3 is 0 Å². The molecule has 5 aromatic rings. The minimum atomic E-state index is -0.315. The number of rotatable bonds is 6. The van der Waals surface area contributed by atoms with Crippen molar-refractivity contribution in [3.63, 3.8) is 0 Å². The molecule has 3 heterocycles. The number of methoxy groups -OCH3 is 1. The summed E-state index contributed by atoms with van der Waals surface area (Å²) in [5.41, 5.74) is 2.55. The highest BCUT2D eigenvalue weighted by molar-refractivity contribution is 7.19. The second kappa shape index (κ2) is 7.56. The summed E-state index contributed by atoms with van der Waals surface area (Å²) >= 11 is 1.39. The molecular weight excluding hydrogens is 407 g/mol. The quantitative estimate of drug-likeness (QED) is 0.445. The molecule has 0 fully saturated rings. The van der Waals surface area contributed by atoms with E-state index in [2.05, 4.69) is 25.5 Å². The maximum atomic E-state index is 13.0. The molecule has 2 aromatic carbocycles. The molecular formula is C20H15FN6O2S. The number of nitrogens with zero attached hydrogens (tertiary/aromatic N) is 5. The second-order valence-corrected chi connectivity index (χ2v) is 7.31. The summed E-state index contributed by atoms with van der Waals surface area (Å²) < 4.78 is 25.5. The maximum Gasteiger partial charge on any atom is 0.235 e. The van der Waals surface area contributed by atoms with Crippen molar-refractivity contribution >= 4 is 16.3 Å². The van der Waals surface area contributed by atoms with Crippen LogP contribution in [0.1, 0.15) is 5.82 Å². The van der Waals surface area contributed by atoms with Gasteiger partial charge in [0.1, 0.15) is 23.9 Å². The van der Waals surface area contributed by atoms with E-state index >= 15 is 0 Å². The molecule has 0 atom stereocenters. The standard InChI is InChI=1S/C20H15FN6O2S/c1-28-14-6-2-12(3-7-14)16-10-17(23-22-16)19-26-27-18(24-25-20(27)30-19)11-29-15-8-4-13(21)5-9-15/h2-10H,11H2,1H3,(H,22,23). The van der Waals surface area contributed by atoms with E-state index in [0.29, 0.717) is 16.5 Å². The van der Waals surface area contributed by atoms with Crippen LogP contribution in [0.2, 0.25) is 0 Å². The minimum Gasteiger partial charge on any atom is -0.497 e. The molecule has 10 heteroatoms. The van der Waals surface area contributed by atoms with Gasteiger partial charge in [-0.25, -0.2) is 4.39 Å². The molecule has 0 radical (unpaired) electrons. The van der Waals surface area contributed by atoms with Crippen LogP contribution in [0.5, 0.6) is 11.5 Å². The first kappa shape index (κ1) is 18.3. The van der Waals surface area contributed by atoms with E-state index in [1.807, 2.05) is 30.3 Å². The van der Waals surface area contributed by atoms with Gasteiger partial charge in [-0.2, -0.15) is 14.7 Å². The van der Waals surface area contributed by atoms with Crippen molar-refractivity contribution in [1.82, 2.24) is 30.0 Å². The number of benzene rings is 2. The Labute approximate surface area is 173 Å². The molecule has 0 saturated heterocycles. The van der Waals surface area contributed by atoms with Crippen molar-refractivity contribution in [2.75, 3.05) is 7.11 Å². The van der Waals surface area contributed by atoms with Gasteiger partial charge in [-0.3, -0.25) is 5.10 Å². The van der Waals surface area contributed by atoms with Crippen LogP contribution in [0.25, 0.3) is 26.9 Å². The van der Waals surface area contributed by atoms with Crippen LogP contribution >= 0.6 is 11.3 Å². The molecule has 0 aliphatic heterocycles. The molecule has 0 spiro atoms. The van der Waals surface area contributed by atoms with Crippen LogP contribution in [-0.2, 0) is 6.61 Å². The highest BCUT2D eigenvalue weighted by Gasteiger charge is 2.15. The van der Waals surface area contributed by atoms with E-state index in [1.54, 1.807) is 23.8 Å². The smallest absolute Gasteiger partial charge is 0.235 e. The fourth-order valence-corrected chi connectivity index (χ4v) is 3.70. The van der Waals surface area contributed by atoms with E-state index < -0.39 is 0 Å². The second-order valence-electron chi connectivity index (χ2n) is 6.36. The molecule has 150 valence electrons. The predicted molar refractivity (Wildman–Crippen MR) is 109 cm³/mol. The fourth-order valence-electron chi connectivity index (χ4n) is 2.88. The SMILES string of the molecule is COc1ccc(-c2cc(-c3nn4c(COc5ccc(F)cc5)nnc4s3)[nH]n2)cc1. The van der Waals surface area contributed by atoms with Gasteiger partial charge in [0.2, 0.25) is 4.96 Å². The van der Waals surface area contributed by atoms with Crippen molar-refractivity contribution in [2.24, 2.45) is 0 Å². The van der Waals surface area contributed by atoms with E-state index in [0.717, 1.165) is 27.7 Å². The zero-order valence-electron chi connectivity index (χ0n) is 15.7. The van der Waals surface area contributed by atoms with E-state index in [4.69, 9.17) is 9.47 Å². The first-order chi connectivity index (χ1) is 14.7. The van der Waals surface area contributed by atoms with E-state index in [1.165, 1.54) is 23.5 Å². The molecule has 0 unspecified atom stereocenters. The van der Waals surface area contributed by atoms with Crippen LogP contribution in [-0.4, -0.2) is 37.1 Å². The van der Waals surface area contributed by atoms with Gasteiger partial charge in [0.05, 0.1) is 18.5 Å².